The third-order valence-corrected chi connectivity index (χ3v) is 2.78. The number of halogens is 1. The standard InChI is InChI=1S/C14H23ClN2O/c1-5-7-12(18-6-2)14-16-11(8-10(3)4)9-13(15)17-14/h9-10,12H,5-8H2,1-4H3. The third kappa shape index (κ3) is 4.91. The van der Waals surface area contributed by atoms with Crippen LogP contribution in [0.1, 0.15) is 58.2 Å². The van der Waals surface area contributed by atoms with Gasteiger partial charge >= 0.3 is 0 Å². The molecule has 0 bridgehead atoms. The van der Waals surface area contributed by atoms with Crippen molar-refractivity contribution < 1.29 is 4.74 Å². The molecule has 1 rings (SSSR count). The minimum atomic E-state index is -0.0374. The highest BCUT2D eigenvalue weighted by atomic mass is 35.5. The lowest BCUT2D eigenvalue weighted by molar-refractivity contribution is 0.0492. The molecular weight excluding hydrogens is 248 g/mol. The summed E-state index contributed by atoms with van der Waals surface area (Å²) in [4.78, 5) is 8.90. The Morgan fingerprint density at radius 2 is 2.00 bits per heavy atom. The van der Waals surface area contributed by atoms with Gasteiger partial charge < -0.3 is 4.74 Å². The molecule has 102 valence electrons. The highest BCUT2D eigenvalue weighted by Gasteiger charge is 2.16. The Kier molecular flexibility index (Phi) is 6.58. The summed E-state index contributed by atoms with van der Waals surface area (Å²) >= 11 is 6.07. The van der Waals surface area contributed by atoms with Gasteiger partial charge in [0.2, 0.25) is 0 Å². The van der Waals surface area contributed by atoms with Gasteiger partial charge in [0.25, 0.3) is 0 Å². The van der Waals surface area contributed by atoms with Crippen LogP contribution in [0.25, 0.3) is 0 Å². The second kappa shape index (κ2) is 7.70. The van der Waals surface area contributed by atoms with E-state index in [4.69, 9.17) is 16.3 Å². The van der Waals surface area contributed by atoms with E-state index >= 15 is 0 Å². The molecule has 1 heterocycles. The van der Waals surface area contributed by atoms with Gasteiger partial charge in [0.1, 0.15) is 11.3 Å². The van der Waals surface area contributed by atoms with E-state index in [9.17, 15) is 0 Å². The first-order valence-corrected chi connectivity index (χ1v) is 7.09. The fourth-order valence-corrected chi connectivity index (χ4v) is 2.11. The van der Waals surface area contributed by atoms with E-state index in [0.29, 0.717) is 17.7 Å². The van der Waals surface area contributed by atoms with Crippen LogP contribution < -0.4 is 0 Å². The maximum atomic E-state index is 6.07. The number of rotatable bonds is 7. The largest absolute Gasteiger partial charge is 0.371 e. The first-order chi connectivity index (χ1) is 8.56. The van der Waals surface area contributed by atoms with Crippen molar-refractivity contribution in [2.45, 2.75) is 53.1 Å². The maximum Gasteiger partial charge on any atom is 0.159 e. The van der Waals surface area contributed by atoms with Crippen molar-refractivity contribution in [2.75, 3.05) is 6.61 Å². The Morgan fingerprint density at radius 3 is 2.56 bits per heavy atom. The zero-order chi connectivity index (χ0) is 13.5. The molecule has 0 fully saturated rings. The molecule has 18 heavy (non-hydrogen) atoms. The predicted molar refractivity (Wildman–Crippen MR) is 74.9 cm³/mol. The Balaban J connectivity index is 2.94. The normalized spacial score (nSPS) is 13.0. The van der Waals surface area contributed by atoms with Crippen LogP contribution in [0.15, 0.2) is 6.07 Å². The van der Waals surface area contributed by atoms with Crippen molar-refractivity contribution in [2.24, 2.45) is 5.92 Å². The van der Waals surface area contributed by atoms with Crippen LogP contribution in [0, 0.1) is 5.92 Å². The van der Waals surface area contributed by atoms with Gasteiger partial charge in [0, 0.05) is 12.3 Å². The molecule has 0 saturated heterocycles. The summed E-state index contributed by atoms with van der Waals surface area (Å²) in [7, 11) is 0. The van der Waals surface area contributed by atoms with Gasteiger partial charge in [-0.25, -0.2) is 9.97 Å². The SMILES string of the molecule is CCCC(OCC)c1nc(Cl)cc(CC(C)C)n1. The predicted octanol–water partition coefficient (Wildman–Crippen LogP) is 4.21. The van der Waals surface area contributed by atoms with Gasteiger partial charge in [-0.3, -0.25) is 0 Å². The Bertz CT molecular complexity index is 363. The lowest BCUT2D eigenvalue weighted by Crippen LogP contribution is -2.11. The summed E-state index contributed by atoms with van der Waals surface area (Å²) < 4.78 is 5.70. The third-order valence-electron chi connectivity index (χ3n) is 2.59. The molecule has 0 aromatic carbocycles. The summed E-state index contributed by atoms with van der Waals surface area (Å²) in [5.74, 6) is 1.28. The quantitative estimate of drug-likeness (QED) is 0.696. The Hall–Kier alpha value is -0.670. The molecular formula is C14H23ClN2O. The lowest BCUT2D eigenvalue weighted by atomic mass is 10.1. The molecule has 1 unspecified atom stereocenters. The van der Waals surface area contributed by atoms with E-state index in [-0.39, 0.29) is 6.10 Å². The first-order valence-electron chi connectivity index (χ1n) is 6.71. The molecule has 0 saturated carbocycles. The minimum Gasteiger partial charge on any atom is -0.371 e. The molecule has 1 atom stereocenters. The number of hydrogen-bond acceptors (Lipinski definition) is 3. The van der Waals surface area contributed by atoms with Crippen LogP contribution >= 0.6 is 11.6 Å². The summed E-state index contributed by atoms with van der Waals surface area (Å²) in [6.07, 6.45) is 2.85. The van der Waals surface area contributed by atoms with Crippen LogP contribution in [-0.2, 0) is 11.2 Å². The van der Waals surface area contributed by atoms with Crippen molar-refractivity contribution in [3.05, 3.63) is 22.7 Å². The smallest absolute Gasteiger partial charge is 0.159 e. The molecule has 0 aliphatic rings. The highest BCUT2D eigenvalue weighted by Crippen LogP contribution is 2.22. The van der Waals surface area contributed by atoms with E-state index in [2.05, 4.69) is 30.7 Å². The Labute approximate surface area is 115 Å². The van der Waals surface area contributed by atoms with Crippen LogP contribution in [0.5, 0.6) is 0 Å². The number of hydrogen-bond donors (Lipinski definition) is 0. The summed E-state index contributed by atoms with van der Waals surface area (Å²) in [5.41, 5.74) is 1.00. The van der Waals surface area contributed by atoms with Gasteiger partial charge in [-0.05, 0) is 31.7 Å². The molecule has 0 radical (unpaired) electrons. The van der Waals surface area contributed by atoms with Crippen LogP contribution in [0.4, 0.5) is 0 Å². The van der Waals surface area contributed by atoms with Gasteiger partial charge in [-0.2, -0.15) is 0 Å². The highest BCUT2D eigenvalue weighted by molar-refractivity contribution is 6.29. The van der Waals surface area contributed by atoms with E-state index in [1.165, 1.54) is 0 Å². The molecule has 3 nitrogen and oxygen atoms in total. The van der Waals surface area contributed by atoms with Crippen molar-refractivity contribution in [1.82, 2.24) is 9.97 Å². The number of nitrogens with zero attached hydrogens (tertiary/aromatic N) is 2. The summed E-state index contributed by atoms with van der Waals surface area (Å²) in [6, 6.07) is 1.85. The average molecular weight is 271 g/mol. The van der Waals surface area contributed by atoms with E-state index in [0.717, 1.165) is 30.8 Å². The minimum absolute atomic E-state index is 0.0374. The van der Waals surface area contributed by atoms with E-state index in [1.807, 2.05) is 13.0 Å². The van der Waals surface area contributed by atoms with Crippen LogP contribution in [0.2, 0.25) is 5.15 Å². The molecule has 0 N–H and O–H groups in total. The lowest BCUT2D eigenvalue weighted by Gasteiger charge is -2.16. The maximum absolute atomic E-state index is 6.07. The molecule has 0 aliphatic carbocycles. The van der Waals surface area contributed by atoms with Gasteiger partial charge in [0.15, 0.2) is 5.82 Å². The van der Waals surface area contributed by atoms with E-state index < -0.39 is 0 Å². The van der Waals surface area contributed by atoms with E-state index in [1.54, 1.807) is 0 Å². The second-order valence-corrected chi connectivity index (χ2v) is 5.26. The molecule has 4 heteroatoms. The number of aromatic nitrogens is 2. The molecule has 1 aromatic rings. The van der Waals surface area contributed by atoms with Gasteiger partial charge in [-0.15, -0.1) is 0 Å². The monoisotopic (exact) mass is 270 g/mol. The zero-order valence-corrected chi connectivity index (χ0v) is 12.5. The van der Waals surface area contributed by atoms with Gasteiger partial charge in [0.05, 0.1) is 0 Å². The van der Waals surface area contributed by atoms with Crippen molar-refractivity contribution in [1.29, 1.82) is 0 Å². The Morgan fingerprint density at radius 1 is 1.28 bits per heavy atom. The van der Waals surface area contributed by atoms with Crippen molar-refractivity contribution in [3.63, 3.8) is 0 Å². The summed E-state index contributed by atoms with van der Waals surface area (Å²) in [5, 5.41) is 0.511. The topological polar surface area (TPSA) is 35.0 Å². The molecule has 0 spiro atoms. The zero-order valence-electron chi connectivity index (χ0n) is 11.7. The summed E-state index contributed by atoms with van der Waals surface area (Å²) in [6.45, 7) is 9.12. The molecule has 0 amide bonds. The fraction of sp³-hybridized carbons (Fsp3) is 0.714. The molecule has 1 aromatic heterocycles. The number of ether oxygens (including phenoxy) is 1. The van der Waals surface area contributed by atoms with Crippen molar-refractivity contribution >= 4 is 11.6 Å². The average Bonchev–Trinajstić information content (AvgIpc) is 2.27. The molecule has 0 aliphatic heterocycles. The fourth-order valence-electron chi connectivity index (χ4n) is 1.90. The van der Waals surface area contributed by atoms with Crippen LogP contribution in [0.3, 0.4) is 0 Å². The second-order valence-electron chi connectivity index (χ2n) is 4.87. The van der Waals surface area contributed by atoms with Crippen molar-refractivity contribution in [3.8, 4) is 0 Å². The van der Waals surface area contributed by atoms with Crippen LogP contribution in [-0.4, -0.2) is 16.6 Å². The van der Waals surface area contributed by atoms with Gasteiger partial charge in [-0.1, -0.05) is 38.8 Å². The first kappa shape index (κ1) is 15.4.